The van der Waals surface area contributed by atoms with Crippen molar-refractivity contribution in [2.75, 3.05) is 24.5 Å². The van der Waals surface area contributed by atoms with E-state index in [2.05, 4.69) is 58.8 Å². The Balaban J connectivity index is 1.42. The lowest BCUT2D eigenvalue weighted by molar-refractivity contribution is 0.240. The van der Waals surface area contributed by atoms with E-state index in [0.717, 1.165) is 41.7 Å². The molecule has 6 heteroatoms. The van der Waals surface area contributed by atoms with Gasteiger partial charge in [0.25, 0.3) is 0 Å². The molecule has 28 heavy (non-hydrogen) atoms. The fourth-order valence-electron chi connectivity index (χ4n) is 3.22. The van der Waals surface area contributed by atoms with Gasteiger partial charge in [-0.15, -0.1) is 0 Å². The van der Waals surface area contributed by atoms with E-state index < -0.39 is 0 Å². The summed E-state index contributed by atoms with van der Waals surface area (Å²) in [5, 5.41) is 10.8. The van der Waals surface area contributed by atoms with Crippen molar-refractivity contribution in [1.82, 2.24) is 15.8 Å². The molecule has 0 aliphatic heterocycles. The number of aryl methyl sites for hydroxylation is 2. The number of benzene rings is 2. The van der Waals surface area contributed by atoms with Crippen LogP contribution in [0.4, 0.5) is 10.5 Å². The van der Waals surface area contributed by atoms with Crippen LogP contribution in [0.25, 0.3) is 11.0 Å². The van der Waals surface area contributed by atoms with Crippen LogP contribution in [0.2, 0.25) is 0 Å². The van der Waals surface area contributed by atoms with Crippen LogP contribution in [0.5, 0.6) is 0 Å². The van der Waals surface area contributed by atoms with Gasteiger partial charge >= 0.3 is 6.03 Å². The lowest BCUT2D eigenvalue weighted by atomic mass is 10.1. The second kappa shape index (κ2) is 9.26. The van der Waals surface area contributed by atoms with Gasteiger partial charge < -0.3 is 20.1 Å². The first-order valence-corrected chi connectivity index (χ1v) is 9.75. The van der Waals surface area contributed by atoms with E-state index in [1.807, 2.05) is 25.1 Å². The third-order valence-corrected chi connectivity index (χ3v) is 4.76. The second-order valence-electron chi connectivity index (χ2n) is 7.01. The molecule has 0 saturated carbocycles. The number of hydrogen-bond donors (Lipinski definition) is 2. The van der Waals surface area contributed by atoms with Crippen molar-refractivity contribution in [1.29, 1.82) is 0 Å². The van der Waals surface area contributed by atoms with Gasteiger partial charge in [0.05, 0.1) is 6.54 Å². The van der Waals surface area contributed by atoms with Crippen molar-refractivity contribution in [2.45, 2.75) is 33.7 Å². The predicted molar refractivity (Wildman–Crippen MR) is 113 cm³/mol. The van der Waals surface area contributed by atoms with E-state index in [-0.39, 0.29) is 6.03 Å². The molecule has 0 radical (unpaired) electrons. The van der Waals surface area contributed by atoms with E-state index >= 15 is 0 Å². The van der Waals surface area contributed by atoms with Gasteiger partial charge in [0.15, 0.2) is 5.58 Å². The Bertz CT molecular complexity index is 935. The summed E-state index contributed by atoms with van der Waals surface area (Å²) >= 11 is 0. The maximum atomic E-state index is 12.1. The summed E-state index contributed by atoms with van der Waals surface area (Å²) in [7, 11) is 0. The molecule has 3 rings (SSSR count). The Kier molecular flexibility index (Phi) is 6.53. The van der Waals surface area contributed by atoms with Gasteiger partial charge in [0.2, 0.25) is 0 Å². The van der Waals surface area contributed by atoms with Gasteiger partial charge in [-0.05, 0) is 57.0 Å². The molecule has 0 saturated heterocycles. The van der Waals surface area contributed by atoms with Crippen LogP contribution in [0.1, 0.15) is 30.2 Å². The highest BCUT2D eigenvalue weighted by Gasteiger charge is 2.10. The van der Waals surface area contributed by atoms with E-state index in [1.54, 1.807) is 0 Å². The fraction of sp³-hybridized carbons (Fsp3) is 0.364. The Labute approximate surface area is 165 Å². The minimum absolute atomic E-state index is 0.192. The van der Waals surface area contributed by atoms with Gasteiger partial charge in [0.1, 0.15) is 5.69 Å². The average molecular weight is 380 g/mol. The predicted octanol–water partition coefficient (Wildman–Crippen LogP) is 4.16. The molecule has 2 amide bonds. The summed E-state index contributed by atoms with van der Waals surface area (Å²) in [6.07, 6.45) is 0.876. The highest BCUT2D eigenvalue weighted by atomic mass is 16.5. The molecule has 0 fully saturated rings. The molecule has 0 aliphatic carbocycles. The number of hydrogen-bond acceptors (Lipinski definition) is 4. The molecule has 6 nitrogen and oxygen atoms in total. The molecule has 0 atom stereocenters. The lowest BCUT2D eigenvalue weighted by Crippen LogP contribution is -2.37. The smallest absolute Gasteiger partial charge is 0.315 e. The number of nitrogens with zero attached hydrogens (tertiary/aromatic N) is 2. The maximum Gasteiger partial charge on any atom is 0.315 e. The molecular formula is C22H28N4O2. The van der Waals surface area contributed by atoms with Crippen molar-refractivity contribution in [3.8, 4) is 0 Å². The molecule has 1 heterocycles. The lowest BCUT2D eigenvalue weighted by Gasteiger charge is -2.23. The summed E-state index contributed by atoms with van der Waals surface area (Å²) in [5.74, 6) is 0. The van der Waals surface area contributed by atoms with E-state index in [1.165, 1.54) is 11.3 Å². The fourth-order valence-corrected chi connectivity index (χ4v) is 3.22. The molecule has 2 aromatic carbocycles. The summed E-state index contributed by atoms with van der Waals surface area (Å²) in [6.45, 7) is 9.06. The number of rotatable bonds is 8. The van der Waals surface area contributed by atoms with Gasteiger partial charge in [-0.25, -0.2) is 4.79 Å². The number of fused-ring (bicyclic) bond motifs is 1. The number of carbonyl (C=O) groups excluding carboxylic acids is 1. The number of nitrogens with one attached hydrogen (secondary N) is 2. The van der Waals surface area contributed by atoms with Crippen LogP contribution < -0.4 is 15.5 Å². The Morgan fingerprint density at radius 2 is 1.93 bits per heavy atom. The first kappa shape index (κ1) is 19.7. The first-order valence-electron chi connectivity index (χ1n) is 9.75. The maximum absolute atomic E-state index is 12.1. The molecule has 1 aromatic heterocycles. The van der Waals surface area contributed by atoms with Gasteiger partial charge in [0, 0.05) is 30.7 Å². The summed E-state index contributed by atoms with van der Waals surface area (Å²) in [5.41, 5.74) is 5.09. The minimum Gasteiger partial charge on any atom is -0.372 e. The van der Waals surface area contributed by atoms with Crippen molar-refractivity contribution < 1.29 is 9.32 Å². The number of carbonyl (C=O) groups is 1. The highest BCUT2D eigenvalue weighted by molar-refractivity contribution is 5.81. The minimum atomic E-state index is -0.192. The summed E-state index contributed by atoms with van der Waals surface area (Å²) in [6, 6.07) is 14.2. The standard InChI is InChI=1S/C22H28N4O2/c1-4-26(18-8-5-7-16(2)13-18)12-6-11-23-22(27)24-15-20-19-14-17(3)9-10-21(19)28-25-20/h5,7-10,13-14H,4,6,11-12,15H2,1-3H3,(H2,23,24,27). The third kappa shape index (κ3) is 5.03. The van der Waals surface area contributed by atoms with Gasteiger partial charge in [-0.3, -0.25) is 0 Å². The number of aromatic nitrogens is 1. The first-order chi connectivity index (χ1) is 13.6. The van der Waals surface area contributed by atoms with Crippen LogP contribution in [0.15, 0.2) is 47.0 Å². The highest BCUT2D eigenvalue weighted by Crippen LogP contribution is 2.19. The molecule has 0 bridgehead atoms. The van der Waals surface area contributed by atoms with E-state index in [9.17, 15) is 4.79 Å². The zero-order chi connectivity index (χ0) is 19.9. The van der Waals surface area contributed by atoms with Crippen LogP contribution in [-0.4, -0.2) is 30.8 Å². The molecule has 2 N–H and O–H groups in total. The zero-order valence-corrected chi connectivity index (χ0v) is 16.8. The van der Waals surface area contributed by atoms with Crippen LogP contribution in [-0.2, 0) is 6.54 Å². The van der Waals surface area contributed by atoms with Crippen LogP contribution in [0.3, 0.4) is 0 Å². The Hall–Kier alpha value is -3.02. The number of anilines is 1. The topological polar surface area (TPSA) is 70.4 Å². The molecule has 0 aliphatic rings. The van der Waals surface area contributed by atoms with Crippen molar-refractivity contribution in [3.05, 3.63) is 59.3 Å². The quantitative estimate of drug-likeness (QED) is 0.576. The number of amides is 2. The van der Waals surface area contributed by atoms with E-state index in [4.69, 9.17) is 4.52 Å². The molecule has 148 valence electrons. The van der Waals surface area contributed by atoms with Gasteiger partial charge in [-0.2, -0.15) is 0 Å². The Morgan fingerprint density at radius 1 is 1.11 bits per heavy atom. The average Bonchev–Trinajstić information content (AvgIpc) is 3.08. The summed E-state index contributed by atoms with van der Waals surface area (Å²) < 4.78 is 5.30. The van der Waals surface area contributed by atoms with Crippen molar-refractivity contribution in [3.63, 3.8) is 0 Å². The normalized spacial score (nSPS) is 10.8. The van der Waals surface area contributed by atoms with Crippen LogP contribution in [0, 0.1) is 13.8 Å². The SMILES string of the molecule is CCN(CCCNC(=O)NCc1noc2ccc(C)cc12)c1cccc(C)c1. The molecule has 0 spiro atoms. The zero-order valence-electron chi connectivity index (χ0n) is 16.8. The second-order valence-corrected chi connectivity index (χ2v) is 7.01. The van der Waals surface area contributed by atoms with Gasteiger partial charge in [-0.1, -0.05) is 28.9 Å². The molecule has 0 unspecified atom stereocenters. The monoisotopic (exact) mass is 380 g/mol. The molecule has 3 aromatic rings. The molecular weight excluding hydrogens is 352 g/mol. The Morgan fingerprint density at radius 3 is 2.71 bits per heavy atom. The van der Waals surface area contributed by atoms with Crippen LogP contribution >= 0.6 is 0 Å². The van der Waals surface area contributed by atoms with E-state index in [0.29, 0.717) is 13.1 Å². The largest absolute Gasteiger partial charge is 0.372 e. The summed E-state index contributed by atoms with van der Waals surface area (Å²) in [4.78, 5) is 14.4. The number of urea groups is 1. The third-order valence-electron chi connectivity index (χ3n) is 4.76. The van der Waals surface area contributed by atoms with Crippen molar-refractivity contribution in [2.24, 2.45) is 0 Å². The van der Waals surface area contributed by atoms with Crippen molar-refractivity contribution >= 4 is 22.7 Å².